The predicted molar refractivity (Wildman–Crippen MR) is 84.7 cm³/mol. The number of anilines is 1. The highest BCUT2D eigenvalue weighted by Gasteiger charge is 2.22. The molecule has 0 radical (unpaired) electrons. The van der Waals surface area contributed by atoms with Crippen LogP contribution in [-0.4, -0.2) is 17.5 Å². The third-order valence-electron chi connectivity index (χ3n) is 3.18. The predicted octanol–water partition coefficient (Wildman–Crippen LogP) is 3.33. The molecule has 2 rings (SSSR count). The van der Waals surface area contributed by atoms with Gasteiger partial charge in [-0.2, -0.15) is 5.26 Å². The normalized spacial score (nSPS) is 10.1. The summed E-state index contributed by atoms with van der Waals surface area (Å²) in [6, 6.07) is 5.34. The standard InChI is InChI=1S/C16H14N2O4S/c1-9(19)15-10(2)22-16(11(15)8-17)18-14(21)6-5-12(20)13-4-3-7-23-13/h3-4,7H,5-6H2,1-2H3,(H,18,21). The molecular weight excluding hydrogens is 316 g/mol. The second kappa shape index (κ2) is 7.03. The molecule has 0 saturated carbocycles. The zero-order valence-corrected chi connectivity index (χ0v) is 13.5. The number of nitriles is 1. The number of Topliss-reactive ketones (excluding diaryl/α,β-unsaturated/α-hetero) is 2. The molecule has 0 aliphatic carbocycles. The first-order valence-corrected chi connectivity index (χ1v) is 7.73. The second-order valence-corrected chi connectivity index (χ2v) is 5.80. The summed E-state index contributed by atoms with van der Waals surface area (Å²) in [5, 5.41) is 13.4. The van der Waals surface area contributed by atoms with Gasteiger partial charge in [0.2, 0.25) is 11.8 Å². The Morgan fingerprint density at radius 2 is 2.09 bits per heavy atom. The van der Waals surface area contributed by atoms with E-state index in [1.165, 1.54) is 18.3 Å². The molecule has 0 aliphatic rings. The number of nitrogens with zero attached hydrogens (tertiary/aromatic N) is 1. The minimum atomic E-state index is -0.449. The number of amides is 1. The first kappa shape index (κ1) is 16.6. The van der Waals surface area contributed by atoms with Gasteiger partial charge < -0.3 is 4.42 Å². The molecule has 0 saturated heterocycles. The topological polar surface area (TPSA) is 100 Å². The van der Waals surface area contributed by atoms with Crippen LogP contribution in [0.3, 0.4) is 0 Å². The summed E-state index contributed by atoms with van der Waals surface area (Å²) in [4.78, 5) is 35.9. The minimum Gasteiger partial charge on any atom is -0.443 e. The average molecular weight is 330 g/mol. The van der Waals surface area contributed by atoms with Crippen LogP contribution >= 0.6 is 11.3 Å². The largest absolute Gasteiger partial charge is 0.443 e. The van der Waals surface area contributed by atoms with E-state index in [1.54, 1.807) is 24.4 Å². The number of ketones is 2. The SMILES string of the molecule is CC(=O)c1c(C)oc(NC(=O)CCC(=O)c2cccs2)c1C#N. The molecule has 2 aromatic heterocycles. The molecule has 23 heavy (non-hydrogen) atoms. The van der Waals surface area contributed by atoms with Gasteiger partial charge in [-0.05, 0) is 25.3 Å². The molecule has 2 aromatic rings. The molecule has 6 nitrogen and oxygen atoms in total. The van der Waals surface area contributed by atoms with Gasteiger partial charge in [0.15, 0.2) is 11.6 Å². The van der Waals surface area contributed by atoms with Gasteiger partial charge in [0.25, 0.3) is 0 Å². The van der Waals surface area contributed by atoms with E-state index in [2.05, 4.69) is 5.32 Å². The molecule has 0 aromatic carbocycles. The number of hydrogen-bond acceptors (Lipinski definition) is 6. The fraction of sp³-hybridized carbons (Fsp3) is 0.250. The Kier molecular flexibility index (Phi) is 5.09. The molecule has 1 N–H and O–H groups in total. The monoisotopic (exact) mass is 330 g/mol. The van der Waals surface area contributed by atoms with E-state index in [-0.39, 0.29) is 47.2 Å². The smallest absolute Gasteiger partial charge is 0.227 e. The van der Waals surface area contributed by atoms with Crippen LogP contribution in [0.15, 0.2) is 21.9 Å². The van der Waals surface area contributed by atoms with Gasteiger partial charge in [-0.15, -0.1) is 11.3 Å². The quantitative estimate of drug-likeness (QED) is 0.819. The summed E-state index contributed by atoms with van der Waals surface area (Å²) in [7, 11) is 0. The van der Waals surface area contributed by atoms with E-state index in [9.17, 15) is 14.4 Å². The van der Waals surface area contributed by atoms with Crippen LogP contribution in [0.2, 0.25) is 0 Å². The highest BCUT2D eigenvalue weighted by Crippen LogP contribution is 2.27. The van der Waals surface area contributed by atoms with Crippen LogP contribution in [0.4, 0.5) is 5.88 Å². The highest BCUT2D eigenvalue weighted by atomic mass is 32.1. The van der Waals surface area contributed by atoms with Crippen molar-refractivity contribution in [3.05, 3.63) is 39.3 Å². The molecule has 0 bridgehead atoms. The Hall–Kier alpha value is -2.72. The molecule has 2 heterocycles. The van der Waals surface area contributed by atoms with E-state index in [1.807, 2.05) is 6.07 Å². The third kappa shape index (κ3) is 3.73. The van der Waals surface area contributed by atoms with E-state index in [4.69, 9.17) is 9.68 Å². The zero-order valence-electron chi connectivity index (χ0n) is 12.6. The third-order valence-corrected chi connectivity index (χ3v) is 4.09. The maximum Gasteiger partial charge on any atom is 0.227 e. The molecule has 0 unspecified atom stereocenters. The van der Waals surface area contributed by atoms with Gasteiger partial charge in [0, 0.05) is 12.8 Å². The van der Waals surface area contributed by atoms with Crippen molar-refractivity contribution in [1.82, 2.24) is 0 Å². The van der Waals surface area contributed by atoms with Crippen molar-refractivity contribution in [3.63, 3.8) is 0 Å². The number of carbonyl (C=O) groups excluding carboxylic acids is 3. The van der Waals surface area contributed by atoms with E-state index in [0.29, 0.717) is 4.88 Å². The number of thiophene rings is 1. The lowest BCUT2D eigenvalue weighted by atomic mass is 10.1. The van der Waals surface area contributed by atoms with Gasteiger partial charge >= 0.3 is 0 Å². The van der Waals surface area contributed by atoms with Crippen LogP contribution in [0.25, 0.3) is 0 Å². The van der Waals surface area contributed by atoms with Gasteiger partial charge in [-0.25, -0.2) is 0 Å². The fourth-order valence-electron chi connectivity index (χ4n) is 2.14. The zero-order chi connectivity index (χ0) is 17.0. The number of hydrogen-bond donors (Lipinski definition) is 1. The lowest BCUT2D eigenvalue weighted by Crippen LogP contribution is -2.13. The Morgan fingerprint density at radius 3 is 2.65 bits per heavy atom. The van der Waals surface area contributed by atoms with Gasteiger partial charge in [0.1, 0.15) is 17.4 Å². The van der Waals surface area contributed by atoms with Gasteiger partial charge in [-0.3, -0.25) is 19.7 Å². The first-order chi connectivity index (χ1) is 10.9. The van der Waals surface area contributed by atoms with Crippen molar-refractivity contribution in [2.24, 2.45) is 0 Å². The lowest BCUT2D eigenvalue weighted by Gasteiger charge is -2.02. The molecule has 0 atom stereocenters. The van der Waals surface area contributed by atoms with E-state index >= 15 is 0 Å². The molecular formula is C16H14N2O4S. The molecule has 0 spiro atoms. The molecule has 118 valence electrons. The maximum atomic E-state index is 11.9. The summed E-state index contributed by atoms with van der Waals surface area (Å²) in [5.74, 6) is -0.648. The van der Waals surface area contributed by atoms with Crippen LogP contribution in [0.1, 0.15) is 51.1 Å². The molecule has 7 heteroatoms. The van der Waals surface area contributed by atoms with E-state index in [0.717, 1.165) is 0 Å². The summed E-state index contributed by atoms with van der Waals surface area (Å²) < 4.78 is 5.29. The van der Waals surface area contributed by atoms with Crippen LogP contribution in [0.5, 0.6) is 0 Å². The summed E-state index contributed by atoms with van der Waals surface area (Å²) in [6.45, 7) is 2.87. The fourth-order valence-corrected chi connectivity index (χ4v) is 2.83. The Bertz CT molecular complexity index is 797. The number of rotatable bonds is 6. The molecule has 0 aliphatic heterocycles. The maximum absolute atomic E-state index is 11.9. The van der Waals surface area contributed by atoms with Crippen molar-refractivity contribution in [2.75, 3.05) is 5.32 Å². The Morgan fingerprint density at radius 1 is 1.35 bits per heavy atom. The summed E-state index contributed by atoms with van der Waals surface area (Å²) in [6.07, 6.45) is 0.0320. The first-order valence-electron chi connectivity index (χ1n) is 6.85. The van der Waals surface area contributed by atoms with Crippen molar-refractivity contribution in [3.8, 4) is 6.07 Å². The number of carbonyl (C=O) groups is 3. The van der Waals surface area contributed by atoms with Gasteiger partial charge in [-0.1, -0.05) is 6.07 Å². The second-order valence-electron chi connectivity index (χ2n) is 4.85. The number of aryl methyl sites for hydroxylation is 1. The lowest BCUT2D eigenvalue weighted by molar-refractivity contribution is -0.116. The number of furan rings is 1. The van der Waals surface area contributed by atoms with Crippen LogP contribution in [0, 0.1) is 18.3 Å². The highest BCUT2D eigenvalue weighted by molar-refractivity contribution is 7.12. The minimum absolute atomic E-state index is 0.00735. The average Bonchev–Trinajstić information content (AvgIpc) is 3.12. The van der Waals surface area contributed by atoms with Crippen LogP contribution < -0.4 is 5.32 Å². The van der Waals surface area contributed by atoms with Crippen molar-refractivity contribution >= 4 is 34.7 Å². The number of nitrogens with one attached hydrogen (secondary N) is 1. The van der Waals surface area contributed by atoms with Crippen molar-refractivity contribution < 1.29 is 18.8 Å². The Labute approximate surface area is 136 Å². The summed E-state index contributed by atoms with van der Waals surface area (Å²) >= 11 is 1.32. The van der Waals surface area contributed by atoms with E-state index < -0.39 is 5.91 Å². The van der Waals surface area contributed by atoms with Crippen LogP contribution in [-0.2, 0) is 4.79 Å². The Balaban J connectivity index is 2.04. The van der Waals surface area contributed by atoms with Gasteiger partial charge in [0.05, 0.1) is 10.4 Å². The van der Waals surface area contributed by atoms with Crippen molar-refractivity contribution in [2.45, 2.75) is 26.7 Å². The molecule has 0 fully saturated rings. The summed E-state index contributed by atoms with van der Waals surface area (Å²) in [5.41, 5.74) is 0.172. The van der Waals surface area contributed by atoms with Crippen molar-refractivity contribution in [1.29, 1.82) is 5.26 Å². The molecule has 1 amide bonds.